The summed E-state index contributed by atoms with van der Waals surface area (Å²) in [5, 5.41) is 8.12. The van der Waals surface area contributed by atoms with Crippen LogP contribution in [0.2, 0.25) is 0 Å². The van der Waals surface area contributed by atoms with Crippen LogP contribution in [0.3, 0.4) is 0 Å². The molecular formula is C10H20N4. The zero-order valence-corrected chi connectivity index (χ0v) is 9.11. The van der Waals surface area contributed by atoms with Crippen LogP contribution in [-0.4, -0.2) is 21.5 Å². The minimum atomic E-state index is 0.642. The van der Waals surface area contributed by atoms with Crippen LogP contribution < -0.4 is 5.73 Å². The Bertz CT molecular complexity index is 256. The van der Waals surface area contributed by atoms with E-state index in [0.29, 0.717) is 12.5 Å². The molecule has 0 saturated carbocycles. The lowest BCUT2D eigenvalue weighted by atomic mass is 10.1. The van der Waals surface area contributed by atoms with Crippen LogP contribution in [0, 0.1) is 5.92 Å². The number of hydrogen-bond acceptors (Lipinski definition) is 3. The summed E-state index contributed by atoms with van der Waals surface area (Å²) >= 11 is 0. The molecule has 80 valence electrons. The maximum atomic E-state index is 5.44. The van der Waals surface area contributed by atoms with Crippen LogP contribution in [-0.2, 0) is 13.0 Å². The second kappa shape index (κ2) is 5.75. The van der Waals surface area contributed by atoms with Crippen LogP contribution in [0.4, 0.5) is 0 Å². The normalized spacial score (nSPS) is 13.1. The third kappa shape index (κ3) is 3.46. The molecule has 2 N–H and O–H groups in total. The van der Waals surface area contributed by atoms with E-state index in [2.05, 4.69) is 24.2 Å². The van der Waals surface area contributed by atoms with Crippen LogP contribution in [0.15, 0.2) is 6.20 Å². The highest BCUT2D eigenvalue weighted by Gasteiger charge is 2.04. The minimum Gasteiger partial charge on any atom is -0.330 e. The fourth-order valence-electron chi connectivity index (χ4n) is 1.59. The second-order valence-electron chi connectivity index (χ2n) is 3.86. The van der Waals surface area contributed by atoms with E-state index in [1.165, 1.54) is 12.8 Å². The maximum Gasteiger partial charge on any atom is 0.0839 e. The van der Waals surface area contributed by atoms with Gasteiger partial charge in [-0.25, -0.2) is 0 Å². The SMILES string of the molecule is CCCC(C)Cn1cc(CCN)nn1. The number of hydrogen-bond donors (Lipinski definition) is 1. The zero-order chi connectivity index (χ0) is 10.4. The van der Waals surface area contributed by atoms with E-state index >= 15 is 0 Å². The predicted octanol–water partition coefficient (Wildman–Crippen LogP) is 1.22. The molecule has 0 fully saturated rings. The topological polar surface area (TPSA) is 56.7 Å². The van der Waals surface area contributed by atoms with Crippen molar-refractivity contribution in [1.29, 1.82) is 0 Å². The highest BCUT2D eigenvalue weighted by molar-refractivity contribution is 4.92. The van der Waals surface area contributed by atoms with Gasteiger partial charge in [-0.1, -0.05) is 25.5 Å². The first-order chi connectivity index (χ1) is 6.76. The third-order valence-corrected chi connectivity index (χ3v) is 2.27. The van der Waals surface area contributed by atoms with E-state index < -0.39 is 0 Å². The van der Waals surface area contributed by atoms with Gasteiger partial charge in [0.05, 0.1) is 5.69 Å². The summed E-state index contributed by atoms with van der Waals surface area (Å²) in [5.41, 5.74) is 6.44. The van der Waals surface area contributed by atoms with E-state index in [-0.39, 0.29) is 0 Å². The van der Waals surface area contributed by atoms with Gasteiger partial charge in [0.15, 0.2) is 0 Å². The number of rotatable bonds is 6. The smallest absolute Gasteiger partial charge is 0.0839 e. The van der Waals surface area contributed by atoms with Gasteiger partial charge in [-0.3, -0.25) is 4.68 Å². The largest absolute Gasteiger partial charge is 0.330 e. The molecule has 0 spiro atoms. The molecule has 0 aliphatic rings. The first kappa shape index (κ1) is 11.2. The van der Waals surface area contributed by atoms with Crippen LogP contribution in [0.25, 0.3) is 0 Å². The Morgan fingerprint density at radius 1 is 1.57 bits per heavy atom. The molecule has 4 heteroatoms. The summed E-state index contributed by atoms with van der Waals surface area (Å²) in [7, 11) is 0. The zero-order valence-electron chi connectivity index (χ0n) is 9.11. The lowest BCUT2D eigenvalue weighted by Crippen LogP contribution is -2.08. The number of nitrogens with zero attached hydrogens (tertiary/aromatic N) is 3. The molecule has 1 aromatic heterocycles. The van der Waals surface area contributed by atoms with Gasteiger partial charge in [-0.2, -0.15) is 0 Å². The molecular weight excluding hydrogens is 176 g/mol. The maximum absolute atomic E-state index is 5.44. The van der Waals surface area contributed by atoms with Gasteiger partial charge in [0, 0.05) is 19.2 Å². The van der Waals surface area contributed by atoms with Crippen molar-refractivity contribution in [3.63, 3.8) is 0 Å². The Morgan fingerprint density at radius 3 is 3.00 bits per heavy atom. The third-order valence-electron chi connectivity index (χ3n) is 2.27. The van der Waals surface area contributed by atoms with Crippen molar-refractivity contribution >= 4 is 0 Å². The Labute approximate surface area is 85.5 Å². The lowest BCUT2D eigenvalue weighted by molar-refractivity contribution is 0.414. The highest BCUT2D eigenvalue weighted by Crippen LogP contribution is 2.07. The van der Waals surface area contributed by atoms with Gasteiger partial charge in [0.1, 0.15) is 0 Å². The first-order valence-electron chi connectivity index (χ1n) is 5.35. The van der Waals surface area contributed by atoms with Gasteiger partial charge in [0.25, 0.3) is 0 Å². The molecule has 0 amide bonds. The molecule has 0 aliphatic heterocycles. The summed E-state index contributed by atoms with van der Waals surface area (Å²) in [5.74, 6) is 0.674. The number of aromatic nitrogens is 3. The highest BCUT2D eigenvalue weighted by atomic mass is 15.4. The Balaban J connectivity index is 2.42. The van der Waals surface area contributed by atoms with Gasteiger partial charge in [-0.15, -0.1) is 5.10 Å². The molecule has 14 heavy (non-hydrogen) atoms. The van der Waals surface area contributed by atoms with Crippen molar-refractivity contribution in [2.45, 2.75) is 39.7 Å². The summed E-state index contributed by atoms with van der Waals surface area (Å²) in [6.45, 7) is 6.06. The van der Waals surface area contributed by atoms with E-state index in [9.17, 15) is 0 Å². The van der Waals surface area contributed by atoms with E-state index in [0.717, 1.165) is 18.7 Å². The molecule has 0 radical (unpaired) electrons. The molecule has 1 aromatic rings. The second-order valence-corrected chi connectivity index (χ2v) is 3.86. The minimum absolute atomic E-state index is 0.642. The van der Waals surface area contributed by atoms with Crippen molar-refractivity contribution in [3.8, 4) is 0 Å². The molecule has 1 unspecified atom stereocenters. The van der Waals surface area contributed by atoms with Crippen molar-refractivity contribution < 1.29 is 0 Å². The van der Waals surface area contributed by atoms with Crippen LogP contribution in [0.5, 0.6) is 0 Å². The van der Waals surface area contributed by atoms with Crippen molar-refractivity contribution in [3.05, 3.63) is 11.9 Å². The molecule has 1 atom stereocenters. The molecule has 0 bridgehead atoms. The first-order valence-corrected chi connectivity index (χ1v) is 5.35. The average molecular weight is 196 g/mol. The Kier molecular flexibility index (Phi) is 4.59. The average Bonchev–Trinajstić information content (AvgIpc) is 2.53. The predicted molar refractivity (Wildman–Crippen MR) is 56.9 cm³/mol. The summed E-state index contributed by atoms with van der Waals surface area (Å²) in [6, 6.07) is 0. The summed E-state index contributed by atoms with van der Waals surface area (Å²) < 4.78 is 1.92. The molecule has 0 aliphatic carbocycles. The monoisotopic (exact) mass is 196 g/mol. The van der Waals surface area contributed by atoms with Crippen molar-refractivity contribution in [2.75, 3.05) is 6.54 Å². The van der Waals surface area contributed by atoms with Crippen LogP contribution >= 0.6 is 0 Å². The standard InChI is InChI=1S/C10H20N4/c1-3-4-9(2)7-14-8-10(5-6-11)12-13-14/h8-9H,3-7,11H2,1-2H3. The lowest BCUT2D eigenvalue weighted by Gasteiger charge is -2.08. The Morgan fingerprint density at radius 2 is 2.36 bits per heavy atom. The molecule has 0 saturated heterocycles. The van der Waals surface area contributed by atoms with E-state index in [4.69, 9.17) is 5.73 Å². The van der Waals surface area contributed by atoms with Crippen molar-refractivity contribution in [2.24, 2.45) is 11.7 Å². The molecule has 1 rings (SSSR count). The van der Waals surface area contributed by atoms with Gasteiger partial charge < -0.3 is 5.73 Å². The number of nitrogens with two attached hydrogens (primary N) is 1. The molecule has 4 nitrogen and oxygen atoms in total. The van der Waals surface area contributed by atoms with Crippen molar-refractivity contribution in [1.82, 2.24) is 15.0 Å². The molecule has 0 aromatic carbocycles. The molecule has 1 heterocycles. The fraction of sp³-hybridized carbons (Fsp3) is 0.800. The van der Waals surface area contributed by atoms with Gasteiger partial charge >= 0.3 is 0 Å². The Hall–Kier alpha value is -0.900. The van der Waals surface area contributed by atoms with Gasteiger partial charge in [0.2, 0.25) is 0 Å². The quantitative estimate of drug-likeness (QED) is 0.744. The fourth-order valence-corrected chi connectivity index (χ4v) is 1.59. The summed E-state index contributed by atoms with van der Waals surface area (Å²) in [4.78, 5) is 0. The van der Waals surface area contributed by atoms with E-state index in [1.807, 2.05) is 10.9 Å². The van der Waals surface area contributed by atoms with Crippen LogP contribution in [0.1, 0.15) is 32.4 Å². The summed E-state index contributed by atoms with van der Waals surface area (Å²) in [6.07, 6.45) is 5.29. The van der Waals surface area contributed by atoms with E-state index in [1.54, 1.807) is 0 Å². The van der Waals surface area contributed by atoms with Gasteiger partial charge in [-0.05, 0) is 18.9 Å².